The van der Waals surface area contributed by atoms with E-state index in [9.17, 15) is 18.7 Å². The Bertz CT molecular complexity index is 1350. The van der Waals surface area contributed by atoms with E-state index in [2.05, 4.69) is 9.97 Å². The Labute approximate surface area is 175 Å². The average Bonchev–Trinajstić information content (AvgIpc) is 3.25. The van der Waals surface area contributed by atoms with Crippen LogP contribution in [0.5, 0.6) is 5.75 Å². The van der Waals surface area contributed by atoms with E-state index in [1.54, 1.807) is 24.4 Å². The minimum atomic E-state index is -2.94. The summed E-state index contributed by atoms with van der Waals surface area (Å²) in [6.07, 6.45) is 1.15. The maximum absolute atomic E-state index is 12.9. The fraction of sp³-hybridized carbons (Fsp3) is 0.217. The number of hydrogen-bond donors (Lipinski definition) is 2. The van der Waals surface area contributed by atoms with E-state index in [-0.39, 0.29) is 11.3 Å². The number of imidazole rings is 1. The largest absolute Gasteiger partial charge is 0.434 e. The number of ether oxygens (including phenoxy) is 1. The number of rotatable bonds is 4. The van der Waals surface area contributed by atoms with Crippen LogP contribution in [0.3, 0.4) is 0 Å². The second-order valence-electron chi connectivity index (χ2n) is 7.62. The number of aromatic nitrogens is 3. The number of pyridine rings is 1. The molecule has 5 rings (SSSR count). The molecule has 6 nitrogen and oxygen atoms in total. The number of aryl methyl sites for hydroxylation is 1. The molecule has 2 aromatic carbocycles. The third-order valence-corrected chi connectivity index (χ3v) is 5.71. The molecule has 0 unspecified atom stereocenters. The maximum Gasteiger partial charge on any atom is 0.387 e. The van der Waals surface area contributed by atoms with Crippen LogP contribution in [0.1, 0.15) is 35.5 Å². The predicted molar refractivity (Wildman–Crippen MR) is 111 cm³/mol. The number of halogens is 2. The molecule has 0 radical (unpaired) electrons. The smallest absolute Gasteiger partial charge is 0.387 e. The minimum absolute atomic E-state index is 0.0806. The van der Waals surface area contributed by atoms with Crippen LogP contribution in [0.25, 0.3) is 22.2 Å². The number of alkyl halides is 2. The van der Waals surface area contributed by atoms with E-state index in [4.69, 9.17) is 4.74 Å². The molecule has 4 aromatic rings. The van der Waals surface area contributed by atoms with E-state index in [0.717, 1.165) is 22.2 Å². The number of para-hydroxylation sites is 1. The second kappa shape index (κ2) is 7.31. The van der Waals surface area contributed by atoms with Gasteiger partial charge in [-0.2, -0.15) is 8.78 Å². The van der Waals surface area contributed by atoms with Crippen molar-refractivity contribution in [3.63, 3.8) is 0 Å². The van der Waals surface area contributed by atoms with Crippen LogP contribution in [0.2, 0.25) is 0 Å². The van der Waals surface area contributed by atoms with Crippen molar-refractivity contribution in [1.82, 2.24) is 14.5 Å². The molecular weight excluding hydrogens is 404 g/mol. The number of hydrogen-bond acceptors (Lipinski definition) is 4. The lowest BCUT2D eigenvalue weighted by molar-refractivity contribution is -0.0507. The van der Waals surface area contributed by atoms with Crippen molar-refractivity contribution in [2.45, 2.75) is 32.1 Å². The van der Waals surface area contributed by atoms with Gasteiger partial charge in [0.1, 0.15) is 17.7 Å². The Morgan fingerprint density at radius 2 is 2.03 bits per heavy atom. The van der Waals surface area contributed by atoms with Gasteiger partial charge in [-0.25, -0.2) is 4.98 Å². The number of aliphatic hydroxyl groups excluding tert-OH is 1. The molecule has 0 aliphatic carbocycles. The van der Waals surface area contributed by atoms with Crippen LogP contribution in [-0.4, -0.2) is 26.3 Å². The van der Waals surface area contributed by atoms with Gasteiger partial charge in [0.15, 0.2) is 0 Å². The van der Waals surface area contributed by atoms with E-state index < -0.39 is 18.8 Å². The molecule has 158 valence electrons. The number of aromatic amines is 1. The average molecular weight is 423 g/mol. The van der Waals surface area contributed by atoms with Gasteiger partial charge in [0.05, 0.1) is 17.1 Å². The minimum Gasteiger partial charge on any atom is -0.434 e. The Morgan fingerprint density at radius 3 is 2.81 bits per heavy atom. The van der Waals surface area contributed by atoms with Crippen LogP contribution in [0, 0.1) is 6.92 Å². The fourth-order valence-electron chi connectivity index (χ4n) is 4.37. The Kier molecular flexibility index (Phi) is 4.59. The molecule has 0 saturated heterocycles. The molecule has 1 aliphatic rings. The number of aliphatic hydroxyl groups is 1. The van der Waals surface area contributed by atoms with Gasteiger partial charge in [-0.1, -0.05) is 24.3 Å². The Hall–Kier alpha value is -3.52. The Morgan fingerprint density at radius 1 is 1.23 bits per heavy atom. The highest BCUT2D eigenvalue weighted by atomic mass is 19.3. The third-order valence-electron chi connectivity index (χ3n) is 5.71. The second-order valence-corrected chi connectivity index (χ2v) is 7.62. The first-order valence-corrected chi connectivity index (χ1v) is 9.86. The number of benzene rings is 2. The molecule has 0 saturated carbocycles. The van der Waals surface area contributed by atoms with Crippen LogP contribution in [-0.2, 0) is 0 Å². The lowest BCUT2D eigenvalue weighted by Crippen LogP contribution is -2.10. The summed E-state index contributed by atoms with van der Waals surface area (Å²) in [5, 5.41) is 10.6. The summed E-state index contributed by atoms with van der Waals surface area (Å²) in [7, 11) is 0. The summed E-state index contributed by atoms with van der Waals surface area (Å²) in [5.74, 6) is 0.569. The van der Waals surface area contributed by atoms with Gasteiger partial charge in [0.2, 0.25) is 5.56 Å². The number of H-pyrrole nitrogens is 1. The first-order valence-electron chi connectivity index (χ1n) is 9.86. The first-order chi connectivity index (χ1) is 14.9. The highest BCUT2D eigenvalue weighted by molar-refractivity contribution is 5.84. The number of nitrogens with zero attached hydrogens (tertiary/aromatic N) is 2. The van der Waals surface area contributed by atoms with Crippen LogP contribution >= 0.6 is 0 Å². The van der Waals surface area contributed by atoms with E-state index >= 15 is 0 Å². The molecule has 2 atom stereocenters. The molecular formula is C23H19F2N3O3. The summed E-state index contributed by atoms with van der Waals surface area (Å²) in [6.45, 7) is -1.08. The molecule has 0 fully saturated rings. The molecule has 2 N–H and O–H groups in total. The van der Waals surface area contributed by atoms with Crippen molar-refractivity contribution >= 4 is 11.0 Å². The van der Waals surface area contributed by atoms with Crippen molar-refractivity contribution in [1.29, 1.82) is 0 Å². The zero-order valence-electron chi connectivity index (χ0n) is 16.5. The zero-order valence-corrected chi connectivity index (χ0v) is 16.5. The SMILES string of the molecule is Cc1cc(=O)[nH]cc1-c1ccc2nc3n(c2c1)[C@@H](c1ccccc1OC(F)F)C[C@H]3O. The summed E-state index contributed by atoms with van der Waals surface area (Å²) in [4.78, 5) is 18.9. The summed E-state index contributed by atoms with van der Waals surface area (Å²) in [6, 6.07) is 13.4. The molecule has 0 bridgehead atoms. The van der Waals surface area contributed by atoms with Gasteiger partial charge < -0.3 is 19.4 Å². The lowest BCUT2D eigenvalue weighted by atomic mass is 10.0. The van der Waals surface area contributed by atoms with E-state index in [0.29, 0.717) is 23.3 Å². The molecule has 1 aliphatic heterocycles. The molecule has 0 amide bonds. The standard InChI is InChI=1S/C23H19F2N3O3/c1-12-8-21(30)26-11-15(12)13-6-7-16-18(9-13)28-17(10-19(29)22(28)27-16)14-4-2-3-5-20(14)31-23(24)25/h2-9,11,17,19,23,29H,10H2,1H3,(H,26,30)/t17-,19-/m1/s1. The van der Waals surface area contributed by atoms with Gasteiger partial charge >= 0.3 is 6.61 Å². The monoisotopic (exact) mass is 423 g/mol. The highest BCUT2D eigenvalue weighted by Crippen LogP contribution is 2.44. The van der Waals surface area contributed by atoms with Crippen molar-refractivity contribution in [3.05, 3.63) is 82.0 Å². The van der Waals surface area contributed by atoms with Crippen LogP contribution in [0.4, 0.5) is 8.78 Å². The number of fused-ring (bicyclic) bond motifs is 3. The third kappa shape index (κ3) is 3.29. The van der Waals surface area contributed by atoms with Gasteiger partial charge in [-0.05, 0) is 36.2 Å². The van der Waals surface area contributed by atoms with Gasteiger partial charge in [-0.3, -0.25) is 4.79 Å². The molecule has 8 heteroatoms. The predicted octanol–water partition coefficient (Wildman–Crippen LogP) is 4.33. The zero-order chi connectivity index (χ0) is 21.7. The number of nitrogens with one attached hydrogen (secondary N) is 1. The topological polar surface area (TPSA) is 80.1 Å². The van der Waals surface area contributed by atoms with Crippen LogP contribution in [0.15, 0.2) is 59.5 Å². The van der Waals surface area contributed by atoms with E-state index in [1.165, 1.54) is 12.1 Å². The maximum atomic E-state index is 12.9. The van der Waals surface area contributed by atoms with Gasteiger partial charge in [-0.15, -0.1) is 0 Å². The normalized spacial score (nSPS) is 18.0. The summed E-state index contributed by atoms with van der Waals surface area (Å²) < 4.78 is 32.5. The molecule has 31 heavy (non-hydrogen) atoms. The highest BCUT2D eigenvalue weighted by Gasteiger charge is 2.35. The fourth-order valence-corrected chi connectivity index (χ4v) is 4.37. The first kappa shape index (κ1) is 19.4. The van der Waals surface area contributed by atoms with Crippen LogP contribution < -0.4 is 10.3 Å². The molecule has 3 heterocycles. The summed E-state index contributed by atoms with van der Waals surface area (Å²) >= 11 is 0. The lowest BCUT2D eigenvalue weighted by Gasteiger charge is -2.19. The van der Waals surface area contributed by atoms with E-state index in [1.807, 2.05) is 29.7 Å². The molecule has 0 spiro atoms. The van der Waals surface area contributed by atoms with Gasteiger partial charge in [0, 0.05) is 29.8 Å². The Balaban J connectivity index is 1.68. The van der Waals surface area contributed by atoms with Crippen molar-refractivity contribution < 1.29 is 18.6 Å². The quantitative estimate of drug-likeness (QED) is 0.512. The summed E-state index contributed by atoms with van der Waals surface area (Å²) in [5.41, 5.74) is 4.42. The van der Waals surface area contributed by atoms with Crippen molar-refractivity contribution in [2.24, 2.45) is 0 Å². The van der Waals surface area contributed by atoms with Crippen molar-refractivity contribution in [3.8, 4) is 16.9 Å². The van der Waals surface area contributed by atoms with Gasteiger partial charge in [0.25, 0.3) is 0 Å². The molecule has 2 aromatic heterocycles. The van der Waals surface area contributed by atoms with Crippen molar-refractivity contribution in [2.75, 3.05) is 0 Å².